The molecule has 0 aliphatic carbocycles. The number of thioether (sulfide) groups is 1. The highest BCUT2D eigenvalue weighted by Gasteiger charge is 2.35. The molecule has 0 aromatic heterocycles. The number of halogens is 2. The SMILES string of the molecule is O=C1S/C(=C/c2c3ccccc3cc3ccccc23)C(=O)N1Cc1ccc(Cl)cc1Cl. The summed E-state index contributed by atoms with van der Waals surface area (Å²) in [6.07, 6.45) is 1.83. The van der Waals surface area contributed by atoms with Gasteiger partial charge >= 0.3 is 0 Å². The molecule has 3 nitrogen and oxygen atoms in total. The van der Waals surface area contributed by atoms with Crippen LogP contribution in [0.25, 0.3) is 27.6 Å². The van der Waals surface area contributed by atoms with Gasteiger partial charge in [-0.2, -0.15) is 0 Å². The van der Waals surface area contributed by atoms with Gasteiger partial charge in [0, 0.05) is 10.0 Å². The molecule has 2 amide bonds. The molecule has 152 valence electrons. The topological polar surface area (TPSA) is 37.4 Å². The van der Waals surface area contributed by atoms with E-state index in [4.69, 9.17) is 23.2 Å². The molecule has 6 heteroatoms. The average molecular weight is 464 g/mol. The molecule has 1 aliphatic rings. The van der Waals surface area contributed by atoms with Crippen LogP contribution in [0.15, 0.2) is 77.7 Å². The van der Waals surface area contributed by atoms with Crippen molar-refractivity contribution in [1.82, 2.24) is 4.90 Å². The monoisotopic (exact) mass is 463 g/mol. The summed E-state index contributed by atoms with van der Waals surface area (Å²) in [5.41, 5.74) is 1.61. The Kier molecular flexibility index (Phi) is 5.22. The molecule has 0 N–H and O–H groups in total. The van der Waals surface area contributed by atoms with Gasteiger partial charge in [-0.3, -0.25) is 14.5 Å². The third-order valence-corrected chi connectivity index (χ3v) is 6.80. The zero-order valence-corrected chi connectivity index (χ0v) is 18.5. The van der Waals surface area contributed by atoms with Crippen LogP contribution in [0.4, 0.5) is 4.79 Å². The molecule has 0 spiro atoms. The quantitative estimate of drug-likeness (QED) is 0.232. The van der Waals surface area contributed by atoms with E-state index in [0.29, 0.717) is 20.5 Å². The lowest BCUT2D eigenvalue weighted by Gasteiger charge is -2.14. The van der Waals surface area contributed by atoms with Gasteiger partial charge in [0.15, 0.2) is 0 Å². The lowest BCUT2D eigenvalue weighted by Crippen LogP contribution is -2.27. The van der Waals surface area contributed by atoms with E-state index in [0.717, 1.165) is 38.9 Å². The first kappa shape index (κ1) is 20.1. The Morgan fingerprint density at radius 2 is 1.48 bits per heavy atom. The summed E-state index contributed by atoms with van der Waals surface area (Å²) in [5, 5.41) is 4.86. The zero-order valence-electron chi connectivity index (χ0n) is 16.1. The van der Waals surface area contributed by atoms with Crippen LogP contribution in [0, 0.1) is 0 Å². The molecule has 1 saturated heterocycles. The predicted molar refractivity (Wildman–Crippen MR) is 129 cm³/mol. The number of imide groups is 1. The standard InChI is InChI=1S/C25H15Cl2NO2S/c26-18-10-9-17(22(27)12-18)14-28-24(29)23(31-25(28)30)13-21-19-7-3-1-5-15(19)11-16-6-2-4-8-20(16)21/h1-13H,14H2/b23-13+. The van der Waals surface area contributed by atoms with Crippen LogP contribution in [0.2, 0.25) is 10.0 Å². The van der Waals surface area contributed by atoms with E-state index in [1.165, 1.54) is 4.90 Å². The molecule has 1 fully saturated rings. The van der Waals surface area contributed by atoms with Crippen LogP contribution < -0.4 is 0 Å². The highest BCUT2D eigenvalue weighted by Crippen LogP contribution is 2.37. The van der Waals surface area contributed by atoms with E-state index in [2.05, 4.69) is 6.07 Å². The molecule has 0 unspecified atom stereocenters. The van der Waals surface area contributed by atoms with Crippen molar-refractivity contribution in [1.29, 1.82) is 0 Å². The van der Waals surface area contributed by atoms with Crippen molar-refractivity contribution in [3.8, 4) is 0 Å². The molecule has 1 aliphatic heterocycles. The second kappa shape index (κ2) is 8.04. The first-order valence-electron chi connectivity index (χ1n) is 9.61. The zero-order chi connectivity index (χ0) is 21.5. The van der Waals surface area contributed by atoms with Gasteiger partial charge < -0.3 is 0 Å². The van der Waals surface area contributed by atoms with E-state index < -0.39 is 0 Å². The number of hydrogen-bond acceptors (Lipinski definition) is 3. The maximum atomic E-state index is 13.1. The molecular weight excluding hydrogens is 449 g/mol. The Hall–Kier alpha value is -2.79. The third-order valence-electron chi connectivity index (χ3n) is 5.31. The molecule has 0 saturated carbocycles. The normalized spacial score (nSPS) is 15.5. The van der Waals surface area contributed by atoms with Crippen molar-refractivity contribution in [2.75, 3.05) is 0 Å². The largest absolute Gasteiger partial charge is 0.293 e. The van der Waals surface area contributed by atoms with Crippen LogP contribution in [0.3, 0.4) is 0 Å². The summed E-state index contributed by atoms with van der Waals surface area (Å²) in [6.45, 7) is 0.105. The molecule has 0 atom stereocenters. The van der Waals surface area contributed by atoms with Gasteiger partial charge in [-0.1, -0.05) is 77.8 Å². The summed E-state index contributed by atoms with van der Waals surface area (Å²) in [4.78, 5) is 27.4. The van der Waals surface area contributed by atoms with Crippen molar-refractivity contribution in [2.24, 2.45) is 0 Å². The summed E-state index contributed by atoms with van der Waals surface area (Å²) < 4.78 is 0. The minimum absolute atomic E-state index is 0.105. The first-order chi connectivity index (χ1) is 15.0. The number of nitrogens with zero attached hydrogens (tertiary/aromatic N) is 1. The highest BCUT2D eigenvalue weighted by atomic mass is 35.5. The summed E-state index contributed by atoms with van der Waals surface area (Å²) >= 11 is 13.2. The fourth-order valence-electron chi connectivity index (χ4n) is 3.79. The number of rotatable bonds is 3. The van der Waals surface area contributed by atoms with E-state index in [1.54, 1.807) is 18.2 Å². The Bertz CT molecular complexity index is 1360. The second-order valence-electron chi connectivity index (χ2n) is 7.24. The summed E-state index contributed by atoms with van der Waals surface area (Å²) in [5.74, 6) is -0.321. The molecule has 4 aromatic rings. The fourth-order valence-corrected chi connectivity index (χ4v) is 5.08. The van der Waals surface area contributed by atoms with Crippen molar-refractivity contribution < 1.29 is 9.59 Å². The first-order valence-corrected chi connectivity index (χ1v) is 11.2. The molecule has 0 bridgehead atoms. The molecule has 1 heterocycles. The molecule has 4 aromatic carbocycles. The number of fused-ring (bicyclic) bond motifs is 2. The van der Waals surface area contributed by atoms with E-state index in [1.807, 2.05) is 54.6 Å². The van der Waals surface area contributed by atoms with E-state index >= 15 is 0 Å². The maximum Gasteiger partial charge on any atom is 0.293 e. The lowest BCUT2D eigenvalue weighted by atomic mass is 9.96. The number of hydrogen-bond donors (Lipinski definition) is 0. The predicted octanol–water partition coefficient (Wildman–Crippen LogP) is 7.54. The molecule has 0 radical (unpaired) electrons. The number of amides is 2. The van der Waals surface area contributed by atoms with Gasteiger partial charge in [0.2, 0.25) is 0 Å². The number of benzene rings is 4. The van der Waals surface area contributed by atoms with Gasteiger partial charge in [0.05, 0.1) is 11.4 Å². The van der Waals surface area contributed by atoms with Crippen LogP contribution in [-0.2, 0) is 11.3 Å². The van der Waals surface area contributed by atoms with Crippen LogP contribution in [0.5, 0.6) is 0 Å². The van der Waals surface area contributed by atoms with Gasteiger partial charge in [-0.25, -0.2) is 0 Å². The second-order valence-corrected chi connectivity index (χ2v) is 9.07. The summed E-state index contributed by atoms with van der Waals surface area (Å²) in [6, 6.07) is 23.3. The molecule has 31 heavy (non-hydrogen) atoms. The number of carbonyl (C=O) groups is 2. The van der Waals surface area contributed by atoms with Crippen LogP contribution >= 0.6 is 35.0 Å². The summed E-state index contributed by atoms with van der Waals surface area (Å²) in [7, 11) is 0. The van der Waals surface area contributed by atoms with E-state index in [9.17, 15) is 9.59 Å². The Morgan fingerprint density at radius 3 is 2.13 bits per heavy atom. The van der Waals surface area contributed by atoms with Crippen molar-refractivity contribution in [2.45, 2.75) is 6.54 Å². The van der Waals surface area contributed by atoms with Crippen molar-refractivity contribution >= 4 is 73.7 Å². The van der Waals surface area contributed by atoms with Crippen molar-refractivity contribution in [3.63, 3.8) is 0 Å². The number of carbonyl (C=O) groups excluding carboxylic acids is 2. The van der Waals surface area contributed by atoms with Crippen LogP contribution in [-0.4, -0.2) is 16.0 Å². The van der Waals surface area contributed by atoms with Gasteiger partial charge in [-0.05, 0) is 68.7 Å². The molecular formula is C25H15Cl2NO2S. The molecule has 5 rings (SSSR count). The lowest BCUT2D eigenvalue weighted by molar-refractivity contribution is -0.123. The van der Waals surface area contributed by atoms with E-state index in [-0.39, 0.29) is 17.7 Å². The smallest absolute Gasteiger partial charge is 0.268 e. The van der Waals surface area contributed by atoms with Gasteiger partial charge in [-0.15, -0.1) is 0 Å². The highest BCUT2D eigenvalue weighted by molar-refractivity contribution is 8.18. The van der Waals surface area contributed by atoms with Crippen molar-refractivity contribution in [3.05, 3.63) is 98.9 Å². The van der Waals surface area contributed by atoms with Gasteiger partial charge in [0.25, 0.3) is 11.1 Å². The Morgan fingerprint density at radius 1 is 0.839 bits per heavy atom. The Balaban J connectivity index is 1.58. The maximum absolute atomic E-state index is 13.1. The third kappa shape index (κ3) is 3.72. The van der Waals surface area contributed by atoms with Gasteiger partial charge in [0.1, 0.15) is 0 Å². The average Bonchev–Trinajstić information content (AvgIpc) is 3.02. The minimum Gasteiger partial charge on any atom is -0.268 e. The van der Waals surface area contributed by atoms with Crippen LogP contribution in [0.1, 0.15) is 11.1 Å². The fraction of sp³-hybridized carbons (Fsp3) is 0.0400. The minimum atomic E-state index is -0.321. The Labute approximate surface area is 193 Å².